The molecule has 1 aliphatic heterocycles. The first-order valence-corrected chi connectivity index (χ1v) is 20.7. The van der Waals surface area contributed by atoms with Crippen molar-refractivity contribution < 1.29 is 13.3 Å². The number of hydrogen-bond donors (Lipinski definition) is 2. The van der Waals surface area contributed by atoms with Gasteiger partial charge in [-0.15, -0.1) is 11.8 Å². The Bertz CT molecular complexity index is 2110. The predicted molar refractivity (Wildman–Crippen MR) is 222 cm³/mol. The summed E-state index contributed by atoms with van der Waals surface area (Å²) in [5.74, 6) is 0.682. The summed E-state index contributed by atoms with van der Waals surface area (Å²) in [6.45, 7) is 5.06. The van der Waals surface area contributed by atoms with Gasteiger partial charge in [0.2, 0.25) is 0 Å². The Hall–Kier alpha value is -4.59. The average Bonchev–Trinajstić information content (AvgIpc) is 3.17. The topological polar surface area (TPSA) is 111 Å². The zero-order valence-electron chi connectivity index (χ0n) is 30.4. The van der Waals surface area contributed by atoms with Crippen LogP contribution in [0.3, 0.4) is 0 Å². The number of hydrogen-bond acceptors (Lipinski definition) is 9. The number of benzene rings is 5. The van der Waals surface area contributed by atoms with Crippen LogP contribution < -0.4 is 14.9 Å². The van der Waals surface area contributed by atoms with Gasteiger partial charge in [-0.2, -0.15) is 0 Å². The second-order valence-electron chi connectivity index (χ2n) is 13.6. The van der Waals surface area contributed by atoms with E-state index in [1.807, 2.05) is 68.7 Å². The van der Waals surface area contributed by atoms with Crippen LogP contribution in [0.25, 0.3) is 11.1 Å². The molecule has 54 heavy (non-hydrogen) atoms. The summed E-state index contributed by atoms with van der Waals surface area (Å²) in [4.78, 5) is 19.4. The van der Waals surface area contributed by atoms with Crippen molar-refractivity contribution in [3.05, 3.63) is 142 Å². The van der Waals surface area contributed by atoms with Gasteiger partial charge in [0, 0.05) is 71.9 Å². The Labute approximate surface area is 327 Å². The molecule has 1 aliphatic rings. The molecule has 1 atom stereocenters. The molecule has 2 N–H and O–H groups in total. The zero-order valence-corrected chi connectivity index (χ0v) is 32.8. The van der Waals surface area contributed by atoms with E-state index >= 15 is 0 Å². The molecule has 1 fully saturated rings. The van der Waals surface area contributed by atoms with Gasteiger partial charge in [0.05, 0.1) is 9.82 Å². The lowest BCUT2D eigenvalue weighted by Crippen LogP contribution is -2.46. The molecule has 5 aromatic carbocycles. The Balaban J connectivity index is 1.07. The van der Waals surface area contributed by atoms with Gasteiger partial charge in [-0.3, -0.25) is 19.7 Å². The summed E-state index contributed by atoms with van der Waals surface area (Å²) in [6, 6.07) is 37.6. The fourth-order valence-corrected chi connectivity index (χ4v) is 8.62. The summed E-state index contributed by atoms with van der Waals surface area (Å²) in [6.07, 6.45) is 0.747. The normalized spacial score (nSPS) is 14.2. The van der Waals surface area contributed by atoms with Gasteiger partial charge in [0.15, 0.2) is 0 Å². The van der Waals surface area contributed by atoms with E-state index in [4.69, 9.17) is 11.6 Å². The summed E-state index contributed by atoms with van der Waals surface area (Å²) in [5.41, 5.74) is 4.98. The maximum Gasteiger partial charge on any atom is 0.293 e. The quantitative estimate of drug-likeness (QED) is 0.0578. The Morgan fingerprint density at radius 3 is 2.24 bits per heavy atom. The molecule has 0 saturated carbocycles. The lowest BCUT2D eigenvalue weighted by molar-refractivity contribution is -0.384. The molecule has 0 aromatic heterocycles. The van der Waals surface area contributed by atoms with Crippen LogP contribution in [0.2, 0.25) is 5.02 Å². The molecule has 0 unspecified atom stereocenters. The third kappa shape index (κ3) is 10.5. The largest absolute Gasteiger partial charge is 0.376 e. The van der Waals surface area contributed by atoms with Crippen LogP contribution in [0.15, 0.2) is 131 Å². The van der Waals surface area contributed by atoms with Crippen molar-refractivity contribution in [3.8, 4) is 11.1 Å². The van der Waals surface area contributed by atoms with Crippen LogP contribution in [0, 0.1) is 10.1 Å². The molecule has 0 amide bonds. The number of nitrogens with zero attached hydrogens (tertiary/aromatic N) is 4. The highest BCUT2D eigenvalue weighted by molar-refractivity contribution is 7.99. The molecule has 282 valence electrons. The van der Waals surface area contributed by atoms with E-state index in [0.717, 1.165) is 72.9 Å². The number of thioether (sulfide) groups is 1. The van der Waals surface area contributed by atoms with Crippen molar-refractivity contribution in [3.63, 3.8) is 0 Å². The Morgan fingerprint density at radius 2 is 1.56 bits per heavy atom. The lowest BCUT2D eigenvalue weighted by Gasteiger charge is -2.36. The number of nitro benzene ring substituents is 1. The highest BCUT2D eigenvalue weighted by Gasteiger charge is 2.24. The first-order valence-electron chi connectivity index (χ1n) is 17.9. The Kier molecular flexibility index (Phi) is 13.2. The first-order chi connectivity index (χ1) is 26.0. The van der Waals surface area contributed by atoms with Gasteiger partial charge in [0.25, 0.3) is 15.7 Å². The molecule has 0 bridgehead atoms. The molecule has 6 rings (SSSR count). The SMILES string of the molecule is CN(C)CC[C@H](CSc1ccccc1)Nc1ccc(S(=O)(=O)Nc2ccc(N3CCN(Cc4ccccc4-c4ccc(Cl)cc4)CC3)cc2)cc1[N+](=O)[O-]. The van der Waals surface area contributed by atoms with E-state index in [1.165, 1.54) is 23.3 Å². The van der Waals surface area contributed by atoms with Crippen LogP contribution in [0.4, 0.5) is 22.7 Å². The fraction of sp³-hybridized carbons (Fsp3) is 0.268. The number of rotatable bonds is 16. The van der Waals surface area contributed by atoms with E-state index in [9.17, 15) is 18.5 Å². The summed E-state index contributed by atoms with van der Waals surface area (Å²) >= 11 is 7.79. The highest BCUT2D eigenvalue weighted by atomic mass is 35.5. The summed E-state index contributed by atoms with van der Waals surface area (Å²) < 4.78 is 29.5. The molecule has 13 heteroatoms. The molecule has 10 nitrogen and oxygen atoms in total. The van der Waals surface area contributed by atoms with Crippen molar-refractivity contribution in [2.24, 2.45) is 0 Å². The van der Waals surface area contributed by atoms with Crippen LogP contribution in [0.5, 0.6) is 0 Å². The van der Waals surface area contributed by atoms with Crippen LogP contribution in [-0.2, 0) is 16.6 Å². The van der Waals surface area contributed by atoms with Gasteiger partial charge < -0.3 is 15.1 Å². The van der Waals surface area contributed by atoms with E-state index in [-0.39, 0.29) is 22.3 Å². The zero-order chi connectivity index (χ0) is 38.1. The molecule has 0 radical (unpaired) electrons. The second-order valence-corrected chi connectivity index (χ2v) is 16.8. The third-order valence-corrected chi connectivity index (χ3v) is 12.2. The number of piperazine rings is 1. The van der Waals surface area contributed by atoms with Gasteiger partial charge in [0.1, 0.15) is 5.69 Å². The predicted octanol–water partition coefficient (Wildman–Crippen LogP) is 8.56. The van der Waals surface area contributed by atoms with Crippen molar-refractivity contribution in [2.75, 3.05) is 67.5 Å². The molecule has 0 aliphatic carbocycles. The second kappa shape index (κ2) is 18.2. The molecular weight excluding hydrogens is 740 g/mol. The minimum absolute atomic E-state index is 0.0878. The van der Waals surface area contributed by atoms with Gasteiger partial charge in [-0.25, -0.2) is 8.42 Å². The van der Waals surface area contributed by atoms with E-state index < -0.39 is 14.9 Å². The number of anilines is 3. The monoisotopic (exact) mass is 784 g/mol. The average molecular weight is 785 g/mol. The maximum atomic E-state index is 13.5. The van der Waals surface area contributed by atoms with Gasteiger partial charge >= 0.3 is 0 Å². The van der Waals surface area contributed by atoms with Crippen molar-refractivity contribution in [2.45, 2.75) is 28.8 Å². The fourth-order valence-electron chi connectivity index (χ4n) is 6.43. The number of halogens is 1. The Morgan fingerprint density at radius 1 is 0.870 bits per heavy atom. The number of nitrogens with one attached hydrogen (secondary N) is 2. The third-order valence-electron chi connectivity index (χ3n) is 9.38. The van der Waals surface area contributed by atoms with E-state index in [0.29, 0.717) is 11.4 Å². The van der Waals surface area contributed by atoms with Crippen molar-refractivity contribution in [1.29, 1.82) is 0 Å². The maximum absolute atomic E-state index is 13.5. The van der Waals surface area contributed by atoms with Crippen LogP contribution in [0.1, 0.15) is 12.0 Å². The summed E-state index contributed by atoms with van der Waals surface area (Å²) in [7, 11) is -0.136. The smallest absolute Gasteiger partial charge is 0.293 e. The number of nitro groups is 1. The van der Waals surface area contributed by atoms with Crippen LogP contribution in [-0.4, -0.2) is 81.8 Å². The molecular formula is C41H45ClN6O4S2. The molecule has 1 heterocycles. The first kappa shape index (κ1) is 39.1. The van der Waals surface area contributed by atoms with E-state index in [2.05, 4.69) is 61.1 Å². The van der Waals surface area contributed by atoms with Gasteiger partial charge in [-0.1, -0.05) is 66.2 Å². The lowest BCUT2D eigenvalue weighted by atomic mass is 9.99. The van der Waals surface area contributed by atoms with E-state index in [1.54, 1.807) is 23.9 Å². The highest BCUT2D eigenvalue weighted by Crippen LogP contribution is 2.32. The van der Waals surface area contributed by atoms with Gasteiger partial charge in [-0.05, 0) is 104 Å². The molecule has 5 aromatic rings. The molecule has 0 spiro atoms. The molecule has 1 saturated heterocycles. The van der Waals surface area contributed by atoms with Crippen LogP contribution >= 0.6 is 23.4 Å². The number of sulfonamides is 1. The standard InChI is InChI=1S/C41H45ClN6O4S2/c1-45(2)23-22-35(30-53-37-9-4-3-5-10-37)43-40-21-20-38(28-41(40)48(49)50)54(51,52)44-34-16-18-36(19-17-34)47-26-24-46(25-27-47)29-32-8-6-7-11-39(32)31-12-14-33(42)15-13-31/h3-21,28,35,43-44H,22-27,29-30H2,1-2H3/t35-/m1/s1. The van der Waals surface area contributed by atoms with Crippen molar-refractivity contribution in [1.82, 2.24) is 9.80 Å². The minimum Gasteiger partial charge on any atom is -0.376 e. The van der Waals surface area contributed by atoms with Crippen molar-refractivity contribution >= 4 is 56.1 Å². The summed E-state index contributed by atoms with van der Waals surface area (Å²) in [5, 5.41) is 16.2. The minimum atomic E-state index is -4.10.